The molecule has 2 fully saturated rings. The molecule has 0 saturated carbocycles. The molecule has 1 N–H and O–H groups in total. The van der Waals surface area contributed by atoms with Crippen LogP contribution in [0.25, 0.3) is 0 Å². The van der Waals surface area contributed by atoms with Gasteiger partial charge in [-0.05, 0) is 30.5 Å². The Bertz CT molecular complexity index is 672. The molecular weight excluding hydrogens is 346 g/mol. The highest BCUT2D eigenvalue weighted by Gasteiger charge is 2.55. The number of halogens is 2. The second-order valence-electron chi connectivity index (χ2n) is 6.95. The molecule has 2 saturated heterocycles. The van der Waals surface area contributed by atoms with Gasteiger partial charge in [0, 0.05) is 33.1 Å². The summed E-state index contributed by atoms with van der Waals surface area (Å²) in [7, 11) is 1.70. The molecule has 1 aromatic rings. The van der Waals surface area contributed by atoms with Gasteiger partial charge in [0.25, 0.3) is 0 Å². The maximum Gasteiger partial charge on any atom is 0.387 e. The molecule has 2 aliphatic rings. The number of carbonyl (C=O) groups is 2. The zero-order chi connectivity index (χ0) is 18.9. The summed E-state index contributed by atoms with van der Waals surface area (Å²) in [6, 6.07) is 6.51. The van der Waals surface area contributed by atoms with E-state index in [1.165, 1.54) is 12.1 Å². The van der Waals surface area contributed by atoms with Gasteiger partial charge in [0.1, 0.15) is 5.75 Å². The van der Waals surface area contributed by atoms with E-state index in [4.69, 9.17) is 0 Å². The summed E-state index contributed by atoms with van der Waals surface area (Å²) in [5.41, 5.74) is 0.363. The molecule has 142 valence electrons. The summed E-state index contributed by atoms with van der Waals surface area (Å²) >= 11 is 0. The molecule has 0 radical (unpaired) electrons. The van der Waals surface area contributed by atoms with Crippen molar-refractivity contribution in [3.63, 3.8) is 0 Å². The fraction of sp³-hybridized carbons (Fsp3) is 0.556. The molecule has 2 aliphatic heterocycles. The molecule has 1 amide bonds. The van der Waals surface area contributed by atoms with Crippen molar-refractivity contribution >= 4 is 11.9 Å². The van der Waals surface area contributed by atoms with E-state index in [0.717, 1.165) is 5.56 Å². The topological polar surface area (TPSA) is 70.1 Å². The minimum Gasteiger partial charge on any atom is -0.481 e. The molecule has 0 aromatic heterocycles. The molecule has 1 unspecified atom stereocenters. The second kappa shape index (κ2) is 7.19. The third-order valence-electron chi connectivity index (χ3n) is 5.64. The van der Waals surface area contributed by atoms with E-state index in [1.807, 2.05) is 0 Å². The fourth-order valence-corrected chi connectivity index (χ4v) is 4.12. The van der Waals surface area contributed by atoms with Gasteiger partial charge in [0.15, 0.2) is 0 Å². The number of hydrogen-bond donors (Lipinski definition) is 1. The van der Waals surface area contributed by atoms with Gasteiger partial charge < -0.3 is 14.7 Å². The number of carboxylic acids is 1. The van der Waals surface area contributed by atoms with Gasteiger partial charge in [0.05, 0.1) is 11.5 Å². The van der Waals surface area contributed by atoms with Crippen molar-refractivity contribution in [1.82, 2.24) is 9.80 Å². The number of nitrogens with zero attached hydrogens (tertiary/aromatic N) is 2. The molecule has 3 rings (SSSR count). The molecule has 6 nitrogen and oxygen atoms in total. The van der Waals surface area contributed by atoms with Crippen molar-refractivity contribution < 1.29 is 28.2 Å². The van der Waals surface area contributed by atoms with E-state index in [1.54, 1.807) is 24.1 Å². The highest BCUT2D eigenvalue weighted by molar-refractivity contribution is 5.88. The summed E-state index contributed by atoms with van der Waals surface area (Å²) in [6.45, 7) is -0.846. The van der Waals surface area contributed by atoms with Gasteiger partial charge in [-0.1, -0.05) is 12.1 Å². The summed E-state index contributed by atoms with van der Waals surface area (Å²) in [4.78, 5) is 27.4. The molecule has 1 aromatic carbocycles. The van der Waals surface area contributed by atoms with Crippen LogP contribution in [0.4, 0.5) is 8.78 Å². The number of likely N-dealkylation sites (tertiary alicyclic amines) is 2. The number of ether oxygens (including phenoxy) is 1. The first-order valence-corrected chi connectivity index (χ1v) is 8.57. The fourth-order valence-electron chi connectivity index (χ4n) is 4.12. The minimum absolute atomic E-state index is 0.0669. The van der Waals surface area contributed by atoms with Crippen molar-refractivity contribution in [3.05, 3.63) is 29.8 Å². The van der Waals surface area contributed by atoms with Crippen LogP contribution in [-0.2, 0) is 16.1 Å². The normalized spacial score (nSPS) is 23.0. The van der Waals surface area contributed by atoms with Gasteiger partial charge in [-0.3, -0.25) is 14.5 Å². The van der Waals surface area contributed by atoms with Crippen LogP contribution < -0.4 is 4.74 Å². The lowest BCUT2D eigenvalue weighted by Crippen LogP contribution is -2.55. The number of hydrogen-bond acceptors (Lipinski definition) is 4. The van der Waals surface area contributed by atoms with E-state index in [0.29, 0.717) is 32.5 Å². The number of amides is 1. The van der Waals surface area contributed by atoms with Crippen molar-refractivity contribution in [2.75, 3.05) is 20.1 Å². The van der Waals surface area contributed by atoms with Gasteiger partial charge in [0.2, 0.25) is 5.91 Å². The third kappa shape index (κ3) is 3.51. The van der Waals surface area contributed by atoms with E-state index in [-0.39, 0.29) is 18.1 Å². The quantitative estimate of drug-likeness (QED) is 0.863. The van der Waals surface area contributed by atoms with E-state index < -0.39 is 24.0 Å². The molecule has 0 bridgehead atoms. The first kappa shape index (κ1) is 18.6. The Morgan fingerprint density at radius 3 is 2.46 bits per heavy atom. The van der Waals surface area contributed by atoms with Gasteiger partial charge >= 0.3 is 12.6 Å². The highest BCUT2D eigenvalue weighted by Crippen LogP contribution is 2.43. The summed E-state index contributed by atoms with van der Waals surface area (Å²) in [5, 5.41) is 9.50. The maximum atomic E-state index is 12.2. The molecular formula is C18H22F2N2O4. The Morgan fingerprint density at radius 1 is 1.31 bits per heavy atom. The molecule has 8 heteroatoms. The summed E-state index contributed by atoms with van der Waals surface area (Å²) < 4.78 is 28.7. The Balaban J connectivity index is 1.61. The number of piperidine rings is 1. The van der Waals surface area contributed by atoms with Crippen LogP contribution in [0, 0.1) is 5.92 Å². The smallest absolute Gasteiger partial charge is 0.387 e. The number of rotatable bonds is 5. The lowest BCUT2D eigenvalue weighted by atomic mass is 9.77. The third-order valence-corrected chi connectivity index (χ3v) is 5.64. The lowest BCUT2D eigenvalue weighted by Gasteiger charge is -2.45. The molecule has 2 heterocycles. The Morgan fingerprint density at radius 2 is 1.92 bits per heavy atom. The van der Waals surface area contributed by atoms with Crippen LogP contribution in [0.5, 0.6) is 5.75 Å². The zero-order valence-electron chi connectivity index (χ0n) is 14.5. The summed E-state index contributed by atoms with van der Waals surface area (Å²) in [6.07, 6.45) is 1.29. The highest BCUT2D eigenvalue weighted by atomic mass is 19.3. The Kier molecular flexibility index (Phi) is 5.13. The van der Waals surface area contributed by atoms with Gasteiger partial charge in [-0.25, -0.2) is 0 Å². The van der Waals surface area contributed by atoms with Crippen LogP contribution in [0.3, 0.4) is 0 Å². The maximum absolute atomic E-state index is 12.2. The molecule has 1 atom stereocenters. The Labute approximate surface area is 150 Å². The number of benzene rings is 1. The van der Waals surface area contributed by atoms with Crippen molar-refractivity contribution in [1.29, 1.82) is 0 Å². The monoisotopic (exact) mass is 368 g/mol. The van der Waals surface area contributed by atoms with E-state index in [2.05, 4.69) is 9.64 Å². The first-order valence-electron chi connectivity index (χ1n) is 8.57. The number of carbonyl (C=O) groups excluding carboxylic acids is 1. The molecule has 26 heavy (non-hydrogen) atoms. The predicted molar refractivity (Wildman–Crippen MR) is 88.8 cm³/mol. The number of carboxylic acid groups (broad SMARTS) is 1. The zero-order valence-corrected chi connectivity index (χ0v) is 14.5. The number of aliphatic carboxylic acids is 1. The largest absolute Gasteiger partial charge is 0.481 e. The van der Waals surface area contributed by atoms with Gasteiger partial charge in [-0.2, -0.15) is 8.78 Å². The molecule has 1 spiro atoms. The van der Waals surface area contributed by atoms with Crippen LogP contribution in [-0.4, -0.2) is 59.1 Å². The molecule has 0 aliphatic carbocycles. The predicted octanol–water partition coefficient (Wildman–Crippen LogP) is 2.19. The van der Waals surface area contributed by atoms with Crippen LogP contribution >= 0.6 is 0 Å². The summed E-state index contributed by atoms with van der Waals surface area (Å²) in [5.74, 6) is -1.56. The van der Waals surface area contributed by atoms with Crippen molar-refractivity contribution in [2.24, 2.45) is 5.92 Å². The standard InChI is InChI=1S/C18H22F2N2O4/c1-21-15(23)10-14(16(24)25)18(21)6-8-22(9-7-18)11-12-2-4-13(5-3-12)26-17(19)20/h2-5,14,17H,6-11H2,1H3,(H,24,25). The average Bonchev–Trinajstić information content (AvgIpc) is 2.84. The minimum atomic E-state index is -2.84. The van der Waals surface area contributed by atoms with Crippen LogP contribution in [0.1, 0.15) is 24.8 Å². The van der Waals surface area contributed by atoms with Gasteiger partial charge in [-0.15, -0.1) is 0 Å². The van der Waals surface area contributed by atoms with E-state index >= 15 is 0 Å². The van der Waals surface area contributed by atoms with Crippen molar-refractivity contribution in [2.45, 2.75) is 38.0 Å². The first-order chi connectivity index (χ1) is 12.3. The lowest BCUT2D eigenvalue weighted by molar-refractivity contribution is -0.146. The van der Waals surface area contributed by atoms with Crippen LogP contribution in [0.2, 0.25) is 0 Å². The average molecular weight is 368 g/mol. The van der Waals surface area contributed by atoms with Crippen molar-refractivity contribution in [3.8, 4) is 5.75 Å². The van der Waals surface area contributed by atoms with E-state index in [9.17, 15) is 23.5 Å². The van der Waals surface area contributed by atoms with Crippen LogP contribution in [0.15, 0.2) is 24.3 Å². The Hall–Kier alpha value is -2.22. The SMILES string of the molecule is CN1C(=O)CC(C(=O)O)C12CCN(Cc1ccc(OC(F)F)cc1)CC2. The number of alkyl halides is 2. The second-order valence-corrected chi connectivity index (χ2v) is 6.95.